The smallest absolute Gasteiger partial charge is 0.288 e. The summed E-state index contributed by atoms with van der Waals surface area (Å²) in [6.07, 6.45) is 1.11. The first-order chi connectivity index (χ1) is 9.42. The van der Waals surface area contributed by atoms with E-state index < -0.39 is 4.92 Å². The number of nitrogens with zero attached hydrogens (tertiary/aromatic N) is 3. The Morgan fingerprint density at radius 1 is 1.65 bits per heavy atom. The van der Waals surface area contributed by atoms with Gasteiger partial charge >= 0.3 is 0 Å². The van der Waals surface area contributed by atoms with Crippen LogP contribution in [0.15, 0.2) is 12.3 Å². The molecule has 20 heavy (non-hydrogen) atoms. The summed E-state index contributed by atoms with van der Waals surface area (Å²) < 4.78 is 5.00. The number of hydrogen-bond acceptors (Lipinski definition) is 6. The van der Waals surface area contributed by atoms with Crippen LogP contribution in [-0.2, 0) is 4.74 Å². The Bertz CT molecular complexity index is 506. The third-order valence-electron chi connectivity index (χ3n) is 2.94. The van der Waals surface area contributed by atoms with Crippen LogP contribution in [0.4, 0.5) is 11.5 Å². The fourth-order valence-electron chi connectivity index (χ4n) is 1.66. The third-order valence-corrected chi connectivity index (χ3v) is 2.94. The minimum atomic E-state index is -0.582. The van der Waals surface area contributed by atoms with E-state index in [0.29, 0.717) is 12.4 Å². The van der Waals surface area contributed by atoms with Crippen molar-refractivity contribution in [3.8, 4) is 0 Å². The molecule has 0 aliphatic heterocycles. The number of hydrogen-bond donors (Lipinski definition) is 1. The SMILES string of the molecule is CNc1ncc([N+](=O)[O-])cc1C(=O)N(C)C(C)COC. The highest BCUT2D eigenvalue weighted by Gasteiger charge is 2.23. The van der Waals surface area contributed by atoms with Crippen LogP contribution in [0.1, 0.15) is 17.3 Å². The Kier molecular flexibility index (Phi) is 5.39. The second-order valence-electron chi connectivity index (χ2n) is 4.32. The van der Waals surface area contributed by atoms with Crippen molar-refractivity contribution in [2.45, 2.75) is 13.0 Å². The summed E-state index contributed by atoms with van der Waals surface area (Å²) in [5.41, 5.74) is -0.0627. The summed E-state index contributed by atoms with van der Waals surface area (Å²) >= 11 is 0. The van der Waals surface area contributed by atoms with Crippen molar-refractivity contribution in [3.05, 3.63) is 27.9 Å². The number of likely N-dealkylation sites (N-methyl/N-ethyl adjacent to an activating group) is 1. The number of nitrogens with one attached hydrogen (secondary N) is 1. The molecular formula is C12H18N4O4. The molecule has 0 fully saturated rings. The Hall–Kier alpha value is -2.22. The molecule has 0 bridgehead atoms. The summed E-state index contributed by atoms with van der Waals surface area (Å²) in [5, 5.41) is 13.5. The Balaban J connectivity index is 3.12. The number of anilines is 1. The maximum absolute atomic E-state index is 12.4. The lowest BCUT2D eigenvalue weighted by molar-refractivity contribution is -0.385. The van der Waals surface area contributed by atoms with Gasteiger partial charge in [0, 0.05) is 27.3 Å². The van der Waals surface area contributed by atoms with Gasteiger partial charge in [0.1, 0.15) is 12.0 Å². The van der Waals surface area contributed by atoms with E-state index in [1.54, 1.807) is 21.2 Å². The van der Waals surface area contributed by atoms with Gasteiger partial charge in [-0.15, -0.1) is 0 Å². The van der Waals surface area contributed by atoms with Crippen molar-refractivity contribution in [3.63, 3.8) is 0 Å². The molecule has 0 aromatic carbocycles. The Morgan fingerprint density at radius 3 is 2.80 bits per heavy atom. The molecule has 1 rings (SSSR count). The van der Waals surface area contributed by atoms with Gasteiger partial charge in [0.15, 0.2) is 0 Å². The number of ether oxygens (including phenoxy) is 1. The first kappa shape index (κ1) is 15.8. The monoisotopic (exact) mass is 282 g/mol. The molecule has 8 nitrogen and oxygen atoms in total. The molecule has 0 spiro atoms. The van der Waals surface area contributed by atoms with Crippen LogP contribution in [-0.4, -0.2) is 54.6 Å². The number of pyridine rings is 1. The lowest BCUT2D eigenvalue weighted by atomic mass is 10.2. The van der Waals surface area contributed by atoms with E-state index >= 15 is 0 Å². The van der Waals surface area contributed by atoms with Crippen molar-refractivity contribution < 1.29 is 14.5 Å². The molecule has 1 unspecified atom stereocenters. The normalized spacial score (nSPS) is 11.8. The quantitative estimate of drug-likeness (QED) is 0.620. The predicted molar refractivity (Wildman–Crippen MR) is 73.9 cm³/mol. The van der Waals surface area contributed by atoms with Crippen molar-refractivity contribution in [2.24, 2.45) is 0 Å². The van der Waals surface area contributed by atoms with Gasteiger partial charge in [-0.2, -0.15) is 0 Å². The number of nitro groups is 1. The molecule has 0 radical (unpaired) electrons. The topological polar surface area (TPSA) is 97.6 Å². The Labute approximate surface area is 116 Å². The molecule has 0 aliphatic rings. The molecule has 1 aromatic heterocycles. The zero-order valence-electron chi connectivity index (χ0n) is 11.9. The fraction of sp³-hybridized carbons (Fsp3) is 0.500. The van der Waals surface area contributed by atoms with E-state index in [1.807, 2.05) is 6.92 Å². The average Bonchev–Trinajstić information content (AvgIpc) is 2.45. The molecule has 1 N–H and O–H groups in total. The van der Waals surface area contributed by atoms with Crippen LogP contribution in [0.3, 0.4) is 0 Å². The maximum atomic E-state index is 12.4. The van der Waals surface area contributed by atoms with Crippen LogP contribution < -0.4 is 5.32 Å². The number of methoxy groups -OCH3 is 1. The van der Waals surface area contributed by atoms with Gasteiger partial charge in [0.2, 0.25) is 0 Å². The highest BCUT2D eigenvalue weighted by atomic mass is 16.6. The summed E-state index contributed by atoms with van der Waals surface area (Å²) in [5.74, 6) is -0.0489. The van der Waals surface area contributed by atoms with E-state index in [2.05, 4.69) is 10.3 Å². The van der Waals surface area contributed by atoms with Gasteiger partial charge in [-0.25, -0.2) is 4.98 Å². The average molecular weight is 282 g/mol. The van der Waals surface area contributed by atoms with Gasteiger partial charge in [-0.3, -0.25) is 14.9 Å². The third kappa shape index (κ3) is 3.41. The van der Waals surface area contributed by atoms with E-state index in [4.69, 9.17) is 4.74 Å². The number of carbonyl (C=O) groups is 1. The predicted octanol–water partition coefficient (Wildman–Crippen LogP) is 1.14. The van der Waals surface area contributed by atoms with E-state index in [9.17, 15) is 14.9 Å². The van der Waals surface area contributed by atoms with Crippen molar-refractivity contribution >= 4 is 17.4 Å². The first-order valence-corrected chi connectivity index (χ1v) is 6.00. The number of amides is 1. The van der Waals surface area contributed by atoms with Crippen LogP contribution >= 0.6 is 0 Å². The maximum Gasteiger partial charge on any atom is 0.288 e. The molecule has 110 valence electrons. The second-order valence-corrected chi connectivity index (χ2v) is 4.32. The van der Waals surface area contributed by atoms with Gasteiger partial charge in [-0.05, 0) is 6.92 Å². The molecule has 0 saturated carbocycles. The van der Waals surface area contributed by atoms with Crippen LogP contribution in [0.2, 0.25) is 0 Å². The zero-order valence-corrected chi connectivity index (χ0v) is 11.9. The molecule has 1 amide bonds. The van der Waals surface area contributed by atoms with Crippen molar-refractivity contribution in [1.29, 1.82) is 0 Å². The summed E-state index contributed by atoms with van der Waals surface area (Å²) in [6, 6.07) is 1.06. The highest BCUT2D eigenvalue weighted by Crippen LogP contribution is 2.20. The summed E-state index contributed by atoms with van der Waals surface area (Å²) in [6.45, 7) is 2.20. The van der Waals surface area contributed by atoms with Crippen LogP contribution in [0, 0.1) is 10.1 Å². The zero-order chi connectivity index (χ0) is 15.3. The van der Waals surface area contributed by atoms with Crippen molar-refractivity contribution in [2.75, 3.05) is 33.1 Å². The van der Waals surface area contributed by atoms with Gasteiger partial charge < -0.3 is 15.0 Å². The first-order valence-electron chi connectivity index (χ1n) is 6.00. The summed E-state index contributed by atoms with van der Waals surface area (Å²) in [7, 11) is 4.76. The molecule has 1 atom stereocenters. The van der Waals surface area contributed by atoms with Gasteiger partial charge in [-0.1, -0.05) is 0 Å². The lowest BCUT2D eigenvalue weighted by Gasteiger charge is -2.24. The molecular weight excluding hydrogens is 264 g/mol. The summed E-state index contributed by atoms with van der Waals surface area (Å²) in [4.78, 5) is 27.9. The molecule has 8 heteroatoms. The lowest BCUT2D eigenvalue weighted by Crippen LogP contribution is -2.38. The standard InChI is InChI=1S/C12H18N4O4/c1-8(7-20-4)15(3)12(17)10-5-9(16(18)19)6-14-11(10)13-2/h5-6,8H,7H2,1-4H3,(H,13,14). The van der Waals surface area contributed by atoms with Crippen molar-refractivity contribution in [1.82, 2.24) is 9.88 Å². The van der Waals surface area contributed by atoms with E-state index in [0.717, 1.165) is 6.20 Å². The highest BCUT2D eigenvalue weighted by molar-refractivity contribution is 5.99. The van der Waals surface area contributed by atoms with Crippen LogP contribution in [0.25, 0.3) is 0 Å². The van der Waals surface area contributed by atoms with E-state index in [-0.39, 0.29) is 23.2 Å². The molecule has 0 saturated heterocycles. The number of rotatable bonds is 6. The molecule has 0 aliphatic carbocycles. The number of carbonyl (C=O) groups excluding carboxylic acids is 1. The Morgan fingerprint density at radius 2 is 2.30 bits per heavy atom. The van der Waals surface area contributed by atoms with Crippen LogP contribution in [0.5, 0.6) is 0 Å². The van der Waals surface area contributed by atoms with E-state index in [1.165, 1.54) is 11.0 Å². The fourth-order valence-corrected chi connectivity index (χ4v) is 1.66. The minimum absolute atomic E-state index is 0.156. The van der Waals surface area contributed by atoms with Gasteiger partial charge in [0.05, 0.1) is 23.1 Å². The van der Waals surface area contributed by atoms with Gasteiger partial charge in [0.25, 0.3) is 11.6 Å². The number of aromatic nitrogens is 1. The molecule has 1 aromatic rings. The second kappa shape index (κ2) is 6.80. The minimum Gasteiger partial charge on any atom is -0.383 e. The largest absolute Gasteiger partial charge is 0.383 e. The molecule has 1 heterocycles.